The molecule has 0 aromatic heterocycles. The number of hydrogen-bond acceptors (Lipinski definition) is 4. The zero-order chi connectivity index (χ0) is 10.6. The molecule has 0 unspecified atom stereocenters. The van der Waals surface area contributed by atoms with Gasteiger partial charge in [-0.15, -0.1) is 0 Å². The summed E-state index contributed by atoms with van der Waals surface area (Å²) in [5, 5.41) is 19.0. The van der Waals surface area contributed by atoms with Crippen LogP contribution in [0.25, 0.3) is 4.98 Å². The van der Waals surface area contributed by atoms with E-state index in [4.69, 9.17) is 10.1 Å². The fraction of sp³-hybridized carbons (Fsp3) is 0.250. The Morgan fingerprint density at radius 2 is 2.36 bits per heavy atom. The van der Waals surface area contributed by atoms with Crippen LogP contribution in [0.2, 0.25) is 0 Å². The van der Waals surface area contributed by atoms with Crippen LogP contribution in [0.5, 0.6) is 5.75 Å². The molecule has 6 heteroatoms. The highest BCUT2D eigenvalue weighted by atomic mass is 16.6. The molecule has 0 saturated heterocycles. The minimum absolute atomic E-state index is 0.125. The first-order valence-corrected chi connectivity index (χ1v) is 3.95. The maximum Gasteiger partial charge on any atom is 0.392 e. The van der Waals surface area contributed by atoms with Gasteiger partial charge in [0.15, 0.2) is 10.7 Å². The number of ether oxygens (including phenoxy) is 1. The number of benzene rings is 1. The zero-order valence-electron chi connectivity index (χ0n) is 7.51. The van der Waals surface area contributed by atoms with Crippen molar-refractivity contribution in [2.24, 2.45) is 0 Å². The van der Waals surface area contributed by atoms with Crippen molar-refractivity contribution in [1.82, 2.24) is 0 Å². The third kappa shape index (κ3) is 1.95. The summed E-state index contributed by atoms with van der Waals surface area (Å²) in [5.74, 6) is 0.171. The molecule has 0 aliphatic heterocycles. The Balaban J connectivity index is 3.18. The second-order valence-electron chi connectivity index (χ2n) is 2.44. The minimum Gasteiger partial charge on any atom is -0.487 e. The molecule has 0 aliphatic rings. The molecule has 0 saturated carbocycles. The van der Waals surface area contributed by atoms with Gasteiger partial charge in [-0.3, -0.25) is 10.1 Å². The first-order chi connectivity index (χ1) is 6.69. The maximum atomic E-state index is 10.6. The predicted molar refractivity (Wildman–Crippen MR) is 49.0 cm³/mol. The number of nitro groups is 1. The normalized spacial score (nSPS) is 9.14. The van der Waals surface area contributed by atoms with Gasteiger partial charge in [-0.2, -0.15) is 0 Å². The Labute approximate surface area is 79.9 Å². The molecule has 0 atom stereocenters. The van der Waals surface area contributed by atoms with E-state index >= 15 is 0 Å². The molecule has 0 heterocycles. The van der Waals surface area contributed by atoms with Crippen LogP contribution >= 0.6 is 0 Å². The summed E-state index contributed by atoms with van der Waals surface area (Å²) in [6.45, 7) is 2.07. The molecular weight excluding hydrogens is 186 g/mol. The van der Waals surface area contributed by atoms with Crippen LogP contribution in [0.15, 0.2) is 18.2 Å². The number of diazo groups is 1. The van der Waals surface area contributed by atoms with E-state index in [-0.39, 0.29) is 17.1 Å². The molecule has 0 N–H and O–H groups in total. The Morgan fingerprint density at radius 3 is 2.86 bits per heavy atom. The van der Waals surface area contributed by atoms with Gasteiger partial charge in [-0.25, -0.2) is 0 Å². The van der Waals surface area contributed by atoms with Crippen molar-refractivity contribution in [3.8, 4) is 5.75 Å². The molecule has 0 radical (unpaired) electrons. The average molecular weight is 194 g/mol. The summed E-state index contributed by atoms with van der Waals surface area (Å²) in [6, 6.07) is 3.97. The van der Waals surface area contributed by atoms with Crippen molar-refractivity contribution in [3.05, 3.63) is 33.3 Å². The minimum atomic E-state index is -0.584. The van der Waals surface area contributed by atoms with Crippen LogP contribution in [0.4, 0.5) is 11.4 Å². The smallest absolute Gasteiger partial charge is 0.392 e. The molecule has 0 spiro atoms. The Bertz CT molecular complexity index is 397. The maximum absolute atomic E-state index is 10.6. The molecule has 0 aliphatic carbocycles. The van der Waals surface area contributed by atoms with Crippen LogP contribution in [-0.2, 0) is 0 Å². The van der Waals surface area contributed by atoms with Crippen molar-refractivity contribution >= 4 is 11.4 Å². The van der Waals surface area contributed by atoms with E-state index in [9.17, 15) is 10.1 Å². The monoisotopic (exact) mass is 194 g/mol. The molecule has 1 rings (SSSR count). The second kappa shape index (κ2) is 4.18. The van der Waals surface area contributed by atoms with E-state index in [0.717, 1.165) is 6.07 Å². The van der Waals surface area contributed by atoms with Gasteiger partial charge >= 0.3 is 11.4 Å². The lowest BCUT2D eigenvalue weighted by molar-refractivity contribution is -0.385. The van der Waals surface area contributed by atoms with Crippen LogP contribution in [0.1, 0.15) is 6.92 Å². The van der Waals surface area contributed by atoms with E-state index in [2.05, 4.69) is 4.98 Å². The third-order valence-corrected chi connectivity index (χ3v) is 1.55. The van der Waals surface area contributed by atoms with E-state index in [0.29, 0.717) is 6.61 Å². The van der Waals surface area contributed by atoms with Crippen LogP contribution in [0.3, 0.4) is 0 Å². The Morgan fingerprint density at radius 1 is 1.64 bits per heavy atom. The van der Waals surface area contributed by atoms with Gasteiger partial charge in [0, 0.05) is 6.07 Å². The number of hydrogen-bond donors (Lipinski definition) is 0. The lowest BCUT2D eigenvalue weighted by atomic mass is 10.2. The molecule has 72 valence electrons. The van der Waals surface area contributed by atoms with Crippen molar-refractivity contribution in [2.75, 3.05) is 6.61 Å². The average Bonchev–Trinajstić information content (AvgIpc) is 2.18. The summed E-state index contributed by atoms with van der Waals surface area (Å²) in [5.41, 5.74) is -0.0812. The predicted octanol–water partition coefficient (Wildman–Crippen LogP) is 2.48. The van der Waals surface area contributed by atoms with Gasteiger partial charge in [0.2, 0.25) is 5.39 Å². The summed E-state index contributed by atoms with van der Waals surface area (Å²) < 4.78 is 5.03. The highest BCUT2D eigenvalue weighted by Crippen LogP contribution is 2.31. The first kappa shape index (κ1) is 9.92. The van der Waals surface area contributed by atoms with Gasteiger partial charge in [0.1, 0.15) is 6.07 Å². The van der Waals surface area contributed by atoms with Crippen molar-refractivity contribution in [2.45, 2.75) is 6.92 Å². The molecule has 0 amide bonds. The van der Waals surface area contributed by atoms with Crippen molar-refractivity contribution < 1.29 is 9.66 Å². The summed E-state index contributed by atoms with van der Waals surface area (Å²) >= 11 is 0. The summed E-state index contributed by atoms with van der Waals surface area (Å²) in [4.78, 5) is 12.8. The number of nitro benzene ring substituents is 1. The highest BCUT2D eigenvalue weighted by Gasteiger charge is 2.20. The highest BCUT2D eigenvalue weighted by molar-refractivity contribution is 5.58. The van der Waals surface area contributed by atoms with E-state index in [1.54, 1.807) is 6.92 Å². The van der Waals surface area contributed by atoms with Crippen LogP contribution in [-0.4, -0.2) is 11.5 Å². The molecule has 1 aromatic carbocycles. The topological polar surface area (TPSA) is 80.5 Å². The van der Waals surface area contributed by atoms with Crippen molar-refractivity contribution in [3.63, 3.8) is 0 Å². The van der Waals surface area contributed by atoms with Gasteiger partial charge in [0.25, 0.3) is 0 Å². The third-order valence-electron chi connectivity index (χ3n) is 1.55. The van der Waals surface area contributed by atoms with Gasteiger partial charge in [0.05, 0.1) is 11.5 Å². The lowest BCUT2D eigenvalue weighted by Gasteiger charge is -2.01. The summed E-state index contributed by atoms with van der Waals surface area (Å²) in [7, 11) is 0. The number of nitrogens with zero attached hydrogens (tertiary/aromatic N) is 3. The van der Waals surface area contributed by atoms with Gasteiger partial charge in [-0.1, -0.05) is 0 Å². The molecule has 0 fully saturated rings. The quantitative estimate of drug-likeness (QED) is 0.420. The standard InChI is InChI=1S/C8H8N3O3/c1-2-14-8-4-3-6(10-9)5-7(8)11(12)13/h3-5H,2H2,1H3/q+1. The largest absolute Gasteiger partial charge is 0.487 e. The molecule has 0 bridgehead atoms. The SMILES string of the molecule is CCOc1ccc([N+]#N)cc1[N+](=O)[O-]. The number of rotatable bonds is 3. The molecule has 1 aromatic rings. The lowest BCUT2D eigenvalue weighted by Crippen LogP contribution is -1.96. The molecular formula is C8H8N3O3+. The zero-order valence-corrected chi connectivity index (χ0v) is 7.51. The van der Waals surface area contributed by atoms with Gasteiger partial charge < -0.3 is 4.74 Å². The fourth-order valence-corrected chi connectivity index (χ4v) is 0.988. The first-order valence-electron chi connectivity index (χ1n) is 3.95. The Kier molecular flexibility index (Phi) is 2.97. The second-order valence-corrected chi connectivity index (χ2v) is 2.44. The molecule has 6 nitrogen and oxygen atoms in total. The van der Waals surface area contributed by atoms with Crippen molar-refractivity contribution in [1.29, 1.82) is 5.39 Å². The van der Waals surface area contributed by atoms with Crippen LogP contribution < -0.4 is 4.74 Å². The van der Waals surface area contributed by atoms with Gasteiger partial charge in [-0.05, 0) is 13.0 Å². The molecule has 14 heavy (non-hydrogen) atoms. The fourth-order valence-electron chi connectivity index (χ4n) is 0.988. The van der Waals surface area contributed by atoms with Crippen LogP contribution in [0, 0.1) is 15.5 Å². The van der Waals surface area contributed by atoms with E-state index in [1.165, 1.54) is 12.1 Å². The van der Waals surface area contributed by atoms with E-state index in [1.807, 2.05) is 0 Å². The van der Waals surface area contributed by atoms with E-state index < -0.39 is 4.92 Å². The Hall–Kier alpha value is -2.16. The summed E-state index contributed by atoms with van der Waals surface area (Å²) in [6.07, 6.45) is 0.